The molecule has 0 bridgehead atoms. The van der Waals surface area contributed by atoms with Gasteiger partial charge in [-0.1, -0.05) is 29.8 Å². The summed E-state index contributed by atoms with van der Waals surface area (Å²) in [5.74, 6) is -1.14. The Morgan fingerprint density at radius 2 is 2.00 bits per heavy atom. The van der Waals surface area contributed by atoms with E-state index in [0.29, 0.717) is 18.4 Å². The number of aromatic nitrogens is 1. The monoisotopic (exact) mass is 394 g/mol. The molecule has 2 aromatic carbocycles. The smallest absolute Gasteiger partial charge is 0.263 e. The van der Waals surface area contributed by atoms with Crippen LogP contribution in [0.4, 0.5) is 5.69 Å². The van der Waals surface area contributed by atoms with E-state index in [1.165, 1.54) is 0 Å². The van der Waals surface area contributed by atoms with Gasteiger partial charge in [-0.25, -0.2) is 0 Å². The number of hydrogen-bond donors (Lipinski definition) is 3. The van der Waals surface area contributed by atoms with Crippen LogP contribution < -0.4 is 10.6 Å². The second-order valence-electron chi connectivity index (χ2n) is 8.32. The summed E-state index contributed by atoms with van der Waals surface area (Å²) in [5, 5.41) is 17.0. The Labute approximate surface area is 172 Å². The average Bonchev–Trinajstić information content (AvgIpc) is 3.35. The van der Waals surface area contributed by atoms with Gasteiger partial charge in [-0.15, -0.1) is 0 Å². The van der Waals surface area contributed by atoms with Gasteiger partial charge in [0.15, 0.2) is 0 Å². The number of hydrogen-bond acceptors (Lipinski definition) is 3. The van der Waals surface area contributed by atoms with Crippen molar-refractivity contribution >= 4 is 34.0 Å². The van der Waals surface area contributed by atoms with Crippen LogP contribution in [-0.4, -0.2) is 22.3 Å². The Morgan fingerprint density at radius 1 is 1.17 bits per heavy atom. The van der Waals surface area contributed by atoms with Crippen molar-refractivity contribution in [3.8, 4) is 6.07 Å². The summed E-state index contributed by atoms with van der Waals surface area (Å²) in [6.07, 6.45) is 1.26. The second kappa shape index (κ2) is 5.61. The normalized spacial score (nSPS) is 24.2. The number of nitrogens with one attached hydrogen (secondary N) is 3. The minimum Gasteiger partial charge on any atom is -0.354 e. The van der Waals surface area contributed by atoms with E-state index in [9.17, 15) is 14.9 Å². The van der Waals surface area contributed by atoms with E-state index in [-0.39, 0.29) is 11.5 Å². The number of nitrogens with zero attached hydrogens (tertiary/aromatic N) is 1. The van der Waals surface area contributed by atoms with Crippen LogP contribution in [0.25, 0.3) is 16.5 Å². The van der Waals surface area contributed by atoms with E-state index in [2.05, 4.69) is 27.8 Å². The van der Waals surface area contributed by atoms with Gasteiger partial charge in [-0.05, 0) is 49.1 Å². The number of carbonyl (C=O) groups is 2. The molecule has 3 N–H and O–H groups in total. The fourth-order valence-electron chi connectivity index (χ4n) is 5.52. The van der Waals surface area contributed by atoms with Crippen LogP contribution in [0.3, 0.4) is 0 Å². The van der Waals surface area contributed by atoms with Gasteiger partial charge in [0.1, 0.15) is 11.6 Å². The molecule has 3 aromatic rings. The third-order valence-corrected chi connectivity index (χ3v) is 6.74. The maximum Gasteiger partial charge on any atom is 0.263 e. The first-order chi connectivity index (χ1) is 14.5. The van der Waals surface area contributed by atoms with Gasteiger partial charge in [-0.3, -0.25) is 9.59 Å². The zero-order chi connectivity index (χ0) is 20.6. The van der Waals surface area contributed by atoms with Crippen LogP contribution in [0.2, 0.25) is 0 Å². The third kappa shape index (κ3) is 1.97. The zero-order valence-corrected chi connectivity index (χ0v) is 16.3. The molecule has 2 amide bonds. The lowest BCUT2D eigenvalue weighted by atomic mass is 9.67. The first-order valence-electron chi connectivity index (χ1n) is 10.0. The summed E-state index contributed by atoms with van der Waals surface area (Å²) in [5.41, 5.74) is 5.43. The number of aromatic amines is 1. The number of benzene rings is 2. The molecule has 0 radical (unpaired) electrons. The molecule has 6 nitrogen and oxygen atoms in total. The molecule has 2 aliphatic heterocycles. The van der Waals surface area contributed by atoms with Crippen LogP contribution in [0.5, 0.6) is 0 Å². The number of aryl methyl sites for hydroxylation is 2. The molecule has 3 aliphatic rings. The zero-order valence-electron chi connectivity index (χ0n) is 16.3. The first-order valence-corrected chi connectivity index (χ1v) is 10.0. The minimum absolute atomic E-state index is 0.0939. The quantitative estimate of drug-likeness (QED) is 0.591. The first kappa shape index (κ1) is 17.0. The number of anilines is 1. The summed E-state index contributed by atoms with van der Waals surface area (Å²) >= 11 is 0. The largest absolute Gasteiger partial charge is 0.354 e. The molecule has 2 atom stereocenters. The molecule has 6 rings (SSSR count). The van der Waals surface area contributed by atoms with Crippen molar-refractivity contribution in [2.24, 2.45) is 0 Å². The maximum atomic E-state index is 13.1. The number of nitriles is 1. The highest BCUT2D eigenvalue weighted by Crippen LogP contribution is 2.54. The van der Waals surface area contributed by atoms with E-state index in [1.54, 1.807) is 0 Å². The van der Waals surface area contributed by atoms with Crippen molar-refractivity contribution in [3.63, 3.8) is 0 Å². The molecule has 0 spiro atoms. The highest BCUT2D eigenvalue weighted by atomic mass is 16.2. The Hall–Kier alpha value is -3.85. The topological polar surface area (TPSA) is 97.8 Å². The Balaban J connectivity index is 1.65. The molecule has 0 saturated carbocycles. The van der Waals surface area contributed by atoms with Gasteiger partial charge in [0.2, 0.25) is 5.91 Å². The van der Waals surface area contributed by atoms with E-state index in [4.69, 9.17) is 0 Å². The highest BCUT2D eigenvalue weighted by molar-refractivity contribution is 6.17. The second-order valence-corrected chi connectivity index (χ2v) is 8.32. The van der Waals surface area contributed by atoms with Gasteiger partial charge in [0.05, 0.1) is 11.5 Å². The van der Waals surface area contributed by atoms with Crippen molar-refractivity contribution < 1.29 is 9.59 Å². The molecule has 1 aliphatic carbocycles. The minimum atomic E-state index is -0.943. The number of H-pyrrole nitrogens is 1. The van der Waals surface area contributed by atoms with Crippen molar-refractivity contribution in [1.29, 1.82) is 5.26 Å². The molecular weight excluding hydrogens is 376 g/mol. The molecular formula is C24H18N4O2. The summed E-state index contributed by atoms with van der Waals surface area (Å²) in [7, 11) is 0. The van der Waals surface area contributed by atoms with Gasteiger partial charge in [0, 0.05) is 27.9 Å². The lowest BCUT2D eigenvalue weighted by Gasteiger charge is -2.40. The molecule has 30 heavy (non-hydrogen) atoms. The van der Waals surface area contributed by atoms with Crippen LogP contribution in [0, 0.1) is 18.3 Å². The summed E-state index contributed by atoms with van der Waals surface area (Å²) in [4.78, 5) is 29.5. The number of amides is 2. The van der Waals surface area contributed by atoms with Crippen molar-refractivity contribution in [1.82, 2.24) is 10.3 Å². The maximum absolute atomic E-state index is 13.1. The fraction of sp³-hybridized carbons (Fsp3) is 0.208. The SMILES string of the molecule is Cc1ccc2[nH]c3c(c2c1)CCC1(C2C(=O)Nc4ccccc42)NC(=O)C(C#N)=C31. The Morgan fingerprint density at radius 3 is 2.83 bits per heavy atom. The fourth-order valence-corrected chi connectivity index (χ4v) is 5.52. The number of rotatable bonds is 1. The van der Waals surface area contributed by atoms with E-state index in [0.717, 1.165) is 39.0 Å². The summed E-state index contributed by atoms with van der Waals surface area (Å²) < 4.78 is 0. The van der Waals surface area contributed by atoms with Crippen LogP contribution >= 0.6 is 0 Å². The highest BCUT2D eigenvalue weighted by Gasteiger charge is 2.58. The van der Waals surface area contributed by atoms with E-state index < -0.39 is 17.4 Å². The average molecular weight is 394 g/mol. The standard InChI is InChI=1S/C24H18N4O2/c1-12-6-7-18-15(10-12)13-8-9-24(19(21(13)26-18)16(11-25)22(29)28-24)20-14-4-2-3-5-17(14)27-23(20)30/h2-7,10,20,26H,8-9H2,1H3,(H,27,30)(H,28,29). The lowest BCUT2D eigenvalue weighted by Crippen LogP contribution is -2.52. The number of para-hydroxylation sites is 1. The van der Waals surface area contributed by atoms with E-state index >= 15 is 0 Å². The van der Waals surface area contributed by atoms with Crippen molar-refractivity contribution in [2.45, 2.75) is 31.2 Å². The van der Waals surface area contributed by atoms with Gasteiger partial charge < -0.3 is 15.6 Å². The van der Waals surface area contributed by atoms with Crippen molar-refractivity contribution in [2.75, 3.05) is 5.32 Å². The predicted octanol–water partition coefficient (Wildman–Crippen LogP) is 3.30. The van der Waals surface area contributed by atoms with Crippen LogP contribution in [0.1, 0.15) is 34.7 Å². The summed E-state index contributed by atoms with van der Waals surface area (Å²) in [6, 6.07) is 15.9. The molecule has 0 fully saturated rings. The van der Waals surface area contributed by atoms with Gasteiger partial charge >= 0.3 is 0 Å². The van der Waals surface area contributed by atoms with Crippen LogP contribution in [-0.2, 0) is 16.0 Å². The lowest BCUT2D eigenvalue weighted by molar-refractivity contribution is -0.120. The molecule has 1 aromatic heterocycles. The Kier molecular flexibility index (Phi) is 3.19. The van der Waals surface area contributed by atoms with Gasteiger partial charge in [0.25, 0.3) is 5.91 Å². The molecule has 146 valence electrons. The molecule has 2 unspecified atom stereocenters. The van der Waals surface area contributed by atoms with Gasteiger partial charge in [-0.2, -0.15) is 5.26 Å². The molecule has 6 heteroatoms. The molecule has 3 heterocycles. The number of fused-ring (bicyclic) bond motifs is 6. The third-order valence-electron chi connectivity index (χ3n) is 6.74. The predicted molar refractivity (Wildman–Crippen MR) is 113 cm³/mol. The van der Waals surface area contributed by atoms with Crippen LogP contribution in [0.15, 0.2) is 48.0 Å². The van der Waals surface area contributed by atoms with Crippen molar-refractivity contribution in [3.05, 3.63) is 70.4 Å². The Bertz CT molecular complexity index is 1370. The van der Waals surface area contributed by atoms with E-state index in [1.807, 2.05) is 43.3 Å². The molecule has 0 saturated heterocycles. The summed E-state index contributed by atoms with van der Waals surface area (Å²) in [6.45, 7) is 2.05. The number of carbonyl (C=O) groups excluding carboxylic acids is 2.